The zero-order valence-corrected chi connectivity index (χ0v) is 16.4. The molecule has 0 aliphatic carbocycles. The van der Waals surface area contributed by atoms with Crippen LogP contribution in [0.15, 0.2) is 48.5 Å². The van der Waals surface area contributed by atoms with Gasteiger partial charge in [0.05, 0.1) is 5.69 Å². The van der Waals surface area contributed by atoms with E-state index in [1.165, 1.54) is 14.1 Å². The summed E-state index contributed by atoms with van der Waals surface area (Å²) in [7, 11) is -0.911. The summed E-state index contributed by atoms with van der Waals surface area (Å²) in [6, 6.07) is 14.4. The van der Waals surface area contributed by atoms with Gasteiger partial charge in [-0.2, -0.15) is 12.7 Å². The van der Waals surface area contributed by atoms with E-state index in [1.54, 1.807) is 30.3 Å². The molecule has 0 spiro atoms. The molecular formula is C19H25N3O3S. The van der Waals surface area contributed by atoms with Gasteiger partial charge in [-0.25, -0.2) is 4.31 Å². The first-order valence-corrected chi connectivity index (χ1v) is 9.80. The van der Waals surface area contributed by atoms with Crippen molar-refractivity contribution in [2.75, 3.05) is 30.3 Å². The van der Waals surface area contributed by atoms with Crippen molar-refractivity contribution in [2.45, 2.75) is 20.3 Å². The molecule has 0 aliphatic heterocycles. The van der Waals surface area contributed by atoms with E-state index in [0.717, 1.165) is 31.8 Å². The van der Waals surface area contributed by atoms with Crippen LogP contribution in [-0.2, 0) is 21.4 Å². The van der Waals surface area contributed by atoms with Gasteiger partial charge in [0.1, 0.15) is 6.54 Å². The Labute approximate surface area is 155 Å². The Kier molecular flexibility index (Phi) is 6.39. The summed E-state index contributed by atoms with van der Waals surface area (Å²) in [6.07, 6.45) is 0.774. The van der Waals surface area contributed by atoms with Crippen LogP contribution >= 0.6 is 0 Å². The van der Waals surface area contributed by atoms with Crippen molar-refractivity contribution < 1.29 is 13.2 Å². The maximum atomic E-state index is 12.7. The second-order valence-corrected chi connectivity index (χ2v) is 8.21. The number of nitrogens with zero attached hydrogens (tertiary/aromatic N) is 2. The highest BCUT2D eigenvalue weighted by Crippen LogP contribution is 2.22. The van der Waals surface area contributed by atoms with E-state index in [0.29, 0.717) is 5.69 Å². The van der Waals surface area contributed by atoms with Crippen LogP contribution in [0.3, 0.4) is 0 Å². The summed E-state index contributed by atoms with van der Waals surface area (Å²) in [5, 5.41) is 2.88. The molecule has 0 heterocycles. The molecule has 140 valence electrons. The van der Waals surface area contributed by atoms with E-state index in [1.807, 2.05) is 32.0 Å². The molecule has 0 atom stereocenters. The Morgan fingerprint density at radius 2 is 1.69 bits per heavy atom. The second kappa shape index (κ2) is 8.33. The highest BCUT2D eigenvalue weighted by Gasteiger charge is 2.27. The number of benzene rings is 2. The van der Waals surface area contributed by atoms with Crippen molar-refractivity contribution in [3.8, 4) is 0 Å². The predicted octanol–water partition coefficient (Wildman–Crippen LogP) is 2.81. The monoisotopic (exact) mass is 375 g/mol. The minimum Gasteiger partial charge on any atom is -0.324 e. The van der Waals surface area contributed by atoms with Crippen LogP contribution in [0.25, 0.3) is 0 Å². The van der Waals surface area contributed by atoms with Crippen LogP contribution < -0.4 is 9.62 Å². The van der Waals surface area contributed by atoms with Gasteiger partial charge in [0, 0.05) is 19.8 Å². The molecule has 1 amide bonds. The fourth-order valence-electron chi connectivity index (χ4n) is 2.61. The Bertz CT molecular complexity index is 865. The molecule has 2 aromatic carbocycles. The number of para-hydroxylation sites is 2. The van der Waals surface area contributed by atoms with Gasteiger partial charge in [-0.3, -0.25) is 4.79 Å². The second-order valence-electron chi connectivity index (χ2n) is 6.14. The van der Waals surface area contributed by atoms with Gasteiger partial charge >= 0.3 is 10.2 Å². The van der Waals surface area contributed by atoms with Crippen LogP contribution in [0.1, 0.15) is 18.1 Å². The number of carbonyl (C=O) groups is 1. The highest BCUT2D eigenvalue weighted by atomic mass is 32.2. The van der Waals surface area contributed by atoms with E-state index in [9.17, 15) is 13.2 Å². The summed E-state index contributed by atoms with van der Waals surface area (Å²) in [6.45, 7) is 3.62. The van der Waals surface area contributed by atoms with Crippen molar-refractivity contribution in [3.05, 3.63) is 59.7 Å². The highest BCUT2D eigenvalue weighted by molar-refractivity contribution is 7.90. The minimum absolute atomic E-state index is 0.304. The molecule has 0 radical (unpaired) electrons. The van der Waals surface area contributed by atoms with Gasteiger partial charge in [-0.05, 0) is 36.6 Å². The average Bonchev–Trinajstić information content (AvgIpc) is 2.61. The number of aryl methyl sites for hydroxylation is 2. The summed E-state index contributed by atoms with van der Waals surface area (Å²) in [5.74, 6) is -0.386. The third kappa shape index (κ3) is 4.42. The van der Waals surface area contributed by atoms with E-state index in [4.69, 9.17) is 0 Å². The standard InChI is InChI=1S/C19H25N3O3S/c1-5-16-11-9-10-15(2)19(16)20-18(23)14-22(26(24,25)21(3)4)17-12-7-6-8-13-17/h6-13H,5,14H2,1-4H3,(H,20,23). The summed E-state index contributed by atoms with van der Waals surface area (Å²) < 4.78 is 27.6. The average molecular weight is 375 g/mol. The molecule has 0 bridgehead atoms. The first-order valence-electron chi connectivity index (χ1n) is 8.41. The molecule has 2 aromatic rings. The summed E-state index contributed by atoms with van der Waals surface area (Å²) >= 11 is 0. The third-order valence-electron chi connectivity index (χ3n) is 4.08. The number of hydrogen-bond donors (Lipinski definition) is 1. The molecular weight excluding hydrogens is 350 g/mol. The number of nitrogens with one attached hydrogen (secondary N) is 1. The number of rotatable bonds is 7. The van der Waals surface area contributed by atoms with E-state index < -0.39 is 10.2 Å². The number of anilines is 2. The zero-order chi connectivity index (χ0) is 19.3. The molecule has 0 fully saturated rings. The Morgan fingerprint density at radius 1 is 1.04 bits per heavy atom. The smallest absolute Gasteiger partial charge is 0.304 e. The van der Waals surface area contributed by atoms with Gasteiger partial charge in [-0.1, -0.05) is 43.3 Å². The predicted molar refractivity (Wildman–Crippen MR) is 106 cm³/mol. The normalized spacial score (nSPS) is 11.4. The lowest BCUT2D eigenvalue weighted by Crippen LogP contribution is -2.44. The van der Waals surface area contributed by atoms with Crippen LogP contribution in [0, 0.1) is 6.92 Å². The molecule has 0 aliphatic rings. The fraction of sp³-hybridized carbons (Fsp3) is 0.316. The van der Waals surface area contributed by atoms with Crippen molar-refractivity contribution >= 4 is 27.5 Å². The lowest BCUT2D eigenvalue weighted by molar-refractivity contribution is -0.114. The van der Waals surface area contributed by atoms with Crippen LogP contribution in [0.4, 0.5) is 11.4 Å². The van der Waals surface area contributed by atoms with Crippen LogP contribution in [0.5, 0.6) is 0 Å². The lowest BCUT2D eigenvalue weighted by atomic mass is 10.1. The number of amides is 1. The molecule has 0 saturated carbocycles. The SMILES string of the molecule is CCc1cccc(C)c1NC(=O)CN(c1ccccc1)S(=O)(=O)N(C)C. The molecule has 1 N–H and O–H groups in total. The quantitative estimate of drug-likeness (QED) is 0.809. The number of carbonyl (C=O) groups excluding carboxylic acids is 1. The summed E-state index contributed by atoms with van der Waals surface area (Å²) in [5.41, 5.74) is 3.15. The van der Waals surface area contributed by atoms with Gasteiger partial charge in [0.15, 0.2) is 0 Å². The first kappa shape index (κ1) is 19.9. The molecule has 26 heavy (non-hydrogen) atoms. The maximum Gasteiger partial charge on any atom is 0.304 e. The van der Waals surface area contributed by atoms with Crippen LogP contribution in [0.2, 0.25) is 0 Å². The maximum absolute atomic E-state index is 12.7. The van der Waals surface area contributed by atoms with Crippen LogP contribution in [-0.4, -0.2) is 39.3 Å². The number of hydrogen-bond acceptors (Lipinski definition) is 3. The molecule has 0 aromatic heterocycles. The first-order chi connectivity index (χ1) is 12.3. The molecule has 7 heteroatoms. The minimum atomic E-state index is -3.80. The summed E-state index contributed by atoms with van der Waals surface area (Å²) in [4.78, 5) is 12.7. The van der Waals surface area contributed by atoms with Gasteiger partial charge in [0.2, 0.25) is 5.91 Å². The Balaban J connectivity index is 2.31. The Morgan fingerprint density at radius 3 is 2.27 bits per heavy atom. The topological polar surface area (TPSA) is 69.7 Å². The molecule has 2 rings (SSSR count). The van der Waals surface area contributed by atoms with Crippen molar-refractivity contribution in [3.63, 3.8) is 0 Å². The third-order valence-corrected chi connectivity index (χ3v) is 5.90. The largest absolute Gasteiger partial charge is 0.324 e. The lowest BCUT2D eigenvalue weighted by Gasteiger charge is -2.27. The molecule has 0 saturated heterocycles. The van der Waals surface area contributed by atoms with Crippen molar-refractivity contribution in [1.29, 1.82) is 0 Å². The van der Waals surface area contributed by atoms with E-state index in [-0.39, 0.29) is 12.5 Å². The van der Waals surface area contributed by atoms with Crippen molar-refractivity contribution in [1.82, 2.24) is 4.31 Å². The van der Waals surface area contributed by atoms with Gasteiger partial charge in [-0.15, -0.1) is 0 Å². The van der Waals surface area contributed by atoms with Gasteiger partial charge < -0.3 is 5.32 Å². The van der Waals surface area contributed by atoms with E-state index in [2.05, 4.69) is 5.32 Å². The zero-order valence-electron chi connectivity index (χ0n) is 15.6. The van der Waals surface area contributed by atoms with Crippen molar-refractivity contribution in [2.24, 2.45) is 0 Å². The molecule has 6 nitrogen and oxygen atoms in total. The Hall–Kier alpha value is -2.38. The van der Waals surface area contributed by atoms with Gasteiger partial charge in [0.25, 0.3) is 0 Å². The molecule has 0 unspecified atom stereocenters. The fourth-order valence-corrected chi connectivity index (χ4v) is 3.67. The van der Waals surface area contributed by atoms with E-state index >= 15 is 0 Å².